The monoisotopic (exact) mass is 705 g/mol. The van der Waals surface area contributed by atoms with Crippen LogP contribution in [0.1, 0.15) is 71.5 Å². The number of pyridine rings is 1. The molecule has 272 valence electrons. The average molecular weight is 706 g/mol. The number of aryl methyl sites for hydroxylation is 1. The predicted octanol–water partition coefficient (Wildman–Crippen LogP) is 5.16. The Hall–Kier alpha value is -5.11. The van der Waals surface area contributed by atoms with E-state index in [0.29, 0.717) is 75.4 Å². The molecule has 5 amide bonds. The third kappa shape index (κ3) is 9.37. The summed E-state index contributed by atoms with van der Waals surface area (Å²) in [4.78, 5) is 61.6. The maximum Gasteiger partial charge on any atom is 0.322 e. The molecule has 0 saturated carbocycles. The summed E-state index contributed by atoms with van der Waals surface area (Å²) < 4.78 is 34.5. The van der Waals surface area contributed by atoms with Gasteiger partial charge in [0.05, 0.1) is 11.3 Å². The van der Waals surface area contributed by atoms with Gasteiger partial charge < -0.3 is 30.5 Å². The number of benzene rings is 2. The summed E-state index contributed by atoms with van der Waals surface area (Å²) in [5, 5.41) is 2.52. The molecule has 2 aliphatic heterocycles. The topological polar surface area (TPSA) is 141 Å². The van der Waals surface area contributed by atoms with Crippen LogP contribution in [0.15, 0.2) is 48.5 Å². The molecule has 0 radical (unpaired) electrons. The lowest BCUT2D eigenvalue weighted by Crippen LogP contribution is -2.50. The number of hydrogen-bond donors (Lipinski definition) is 2. The van der Waals surface area contributed by atoms with Gasteiger partial charge in [0.25, 0.3) is 11.8 Å². The maximum absolute atomic E-state index is 14.5. The zero-order valence-electron chi connectivity index (χ0n) is 29.3. The summed E-state index contributed by atoms with van der Waals surface area (Å²) in [5.41, 5.74) is 6.84. The fourth-order valence-electron chi connectivity index (χ4n) is 6.41. The van der Waals surface area contributed by atoms with Gasteiger partial charge in [0.15, 0.2) is 0 Å². The molecule has 2 aliphatic rings. The van der Waals surface area contributed by atoms with Crippen LogP contribution < -0.4 is 15.8 Å². The number of carbonyl (C=O) groups excluding carboxylic acids is 4. The molecule has 2 saturated heterocycles. The van der Waals surface area contributed by atoms with Crippen LogP contribution >= 0.6 is 0 Å². The number of anilines is 1. The Morgan fingerprint density at radius 2 is 1.61 bits per heavy atom. The number of ether oxygens (including phenoxy) is 1. The Morgan fingerprint density at radius 3 is 2.22 bits per heavy atom. The van der Waals surface area contributed by atoms with Gasteiger partial charge in [0, 0.05) is 88.7 Å². The molecule has 0 spiro atoms. The van der Waals surface area contributed by atoms with E-state index < -0.39 is 29.1 Å². The van der Waals surface area contributed by atoms with E-state index in [9.17, 15) is 28.0 Å². The zero-order valence-corrected chi connectivity index (χ0v) is 29.3. The van der Waals surface area contributed by atoms with E-state index in [4.69, 9.17) is 10.5 Å². The lowest BCUT2D eigenvalue weighted by Gasteiger charge is -2.38. The second kappa shape index (κ2) is 16.7. The number of rotatable bonds is 11. The summed E-state index contributed by atoms with van der Waals surface area (Å²) in [7, 11) is 0. The number of urea groups is 1. The number of piperazine rings is 1. The molecule has 12 nitrogen and oxygen atoms in total. The van der Waals surface area contributed by atoms with Crippen LogP contribution in [-0.4, -0.2) is 100 Å². The van der Waals surface area contributed by atoms with Gasteiger partial charge in [-0.2, -0.15) is 0 Å². The molecule has 0 unspecified atom stereocenters. The molecular formula is C37H45F2N7O5. The molecule has 2 aromatic carbocycles. The largest absolute Gasteiger partial charge is 0.439 e. The maximum atomic E-state index is 14.5. The van der Waals surface area contributed by atoms with Crippen molar-refractivity contribution in [1.29, 1.82) is 0 Å². The molecule has 14 heteroatoms. The minimum atomic E-state index is -1.08. The molecule has 3 heterocycles. The first kappa shape index (κ1) is 37.2. The van der Waals surface area contributed by atoms with Crippen LogP contribution in [0.5, 0.6) is 11.6 Å². The number of amides is 5. The highest BCUT2D eigenvalue weighted by Gasteiger charge is 2.29. The molecule has 3 aromatic rings. The van der Waals surface area contributed by atoms with Gasteiger partial charge in [-0.15, -0.1) is 0 Å². The Labute approximate surface area is 296 Å². The van der Waals surface area contributed by atoms with Crippen LogP contribution in [0.25, 0.3) is 0 Å². The molecule has 51 heavy (non-hydrogen) atoms. The van der Waals surface area contributed by atoms with Crippen molar-refractivity contribution in [3.63, 3.8) is 0 Å². The van der Waals surface area contributed by atoms with Crippen molar-refractivity contribution in [2.24, 2.45) is 5.73 Å². The number of piperidine rings is 1. The highest BCUT2D eigenvalue weighted by Crippen LogP contribution is 2.26. The first-order valence-electron chi connectivity index (χ1n) is 17.3. The van der Waals surface area contributed by atoms with Gasteiger partial charge in [-0.05, 0) is 62.1 Å². The molecule has 0 aliphatic carbocycles. The number of carbonyl (C=O) groups is 4. The van der Waals surface area contributed by atoms with E-state index in [1.807, 2.05) is 26.0 Å². The highest BCUT2D eigenvalue weighted by atomic mass is 19.1. The lowest BCUT2D eigenvalue weighted by molar-refractivity contribution is -0.130. The fourth-order valence-corrected chi connectivity index (χ4v) is 6.41. The number of unbranched alkanes of at least 4 members (excludes halogenated alkanes) is 1. The quantitative estimate of drug-likeness (QED) is 0.281. The summed E-state index contributed by atoms with van der Waals surface area (Å²) >= 11 is 0. The summed E-state index contributed by atoms with van der Waals surface area (Å²) in [6.07, 6.45) is 3.03. The van der Waals surface area contributed by atoms with Gasteiger partial charge in [0.2, 0.25) is 11.8 Å². The van der Waals surface area contributed by atoms with Crippen LogP contribution in [0, 0.1) is 18.6 Å². The van der Waals surface area contributed by atoms with Gasteiger partial charge >= 0.3 is 6.03 Å². The van der Waals surface area contributed by atoms with Crippen LogP contribution in [0.2, 0.25) is 0 Å². The minimum absolute atomic E-state index is 0.0176. The zero-order chi connectivity index (χ0) is 36.7. The third-order valence-corrected chi connectivity index (χ3v) is 9.47. The number of nitrogens with one attached hydrogen (secondary N) is 1. The van der Waals surface area contributed by atoms with E-state index in [0.717, 1.165) is 43.3 Å². The average Bonchev–Trinajstić information content (AvgIpc) is 3.11. The first-order chi connectivity index (χ1) is 24.4. The molecular weight excluding hydrogens is 660 g/mol. The van der Waals surface area contributed by atoms with Crippen molar-refractivity contribution in [3.05, 3.63) is 82.5 Å². The van der Waals surface area contributed by atoms with E-state index >= 15 is 0 Å². The minimum Gasteiger partial charge on any atom is -0.439 e. The normalized spacial score (nSPS) is 15.4. The van der Waals surface area contributed by atoms with E-state index in [-0.39, 0.29) is 23.5 Å². The van der Waals surface area contributed by atoms with Crippen LogP contribution in [-0.2, 0) is 11.3 Å². The molecule has 0 bridgehead atoms. The van der Waals surface area contributed by atoms with Crippen molar-refractivity contribution >= 4 is 29.4 Å². The number of halogens is 2. The van der Waals surface area contributed by atoms with Crippen molar-refractivity contribution in [2.75, 3.05) is 51.1 Å². The summed E-state index contributed by atoms with van der Waals surface area (Å²) in [6.45, 7) is 10.1. The number of aromatic nitrogens is 1. The number of likely N-dealkylation sites (tertiary alicyclic amines) is 1. The summed E-state index contributed by atoms with van der Waals surface area (Å²) in [6, 6.07) is 11.6. The van der Waals surface area contributed by atoms with E-state index in [1.165, 1.54) is 6.92 Å². The van der Waals surface area contributed by atoms with Crippen LogP contribution in [0.3, 0.4) is 0 Å². The molecule has 2 fully saturated rings. The van der Waals surface area contributed by atoms with Crippen molar-refractivity contribution in [3.8, 4) is 11.6 Å². The van der Waals surface area contributed by atoms with Crippen molar-refractivity contribution in [1.82, 2.24) is 24.6 Å². The number of nitrogens with two attached hydrogens (primary N) is 1. The Balaban J connectivity index is 1.13. The highest BCUT2D eigenvalue weighted by molar-refractivity contribution is 5.96. The number of hydrogen-bond acceptors (Lipinski definition) is 7. The second-order valence-corrected chi connectivity index (χ2v) is 13.0. The van der Waals surface area contributed by atoms with Crippen LogP contribution in [0.4, 0.5) is 19.3 Å². The Morgan fingerprint density at radius 1 is 0.941 bits per heavy atom. The molecule has 5 rings (SSSR count). The summed E-state index contributed by atoms with van der Waals surface area (Å²) in [5.74, 6) is -2.19. The van der Waals surface area contributed by atoms with Gasteiger partial charge in [-0.3, -0.25) is 19.3 Å². The van der Waals surface area contributed by atoms with Gasteiger partial charge in [-0.25, -0.2) is 18.6 Å². The van der Waals surface area contributed by atoms with E-state index in [1.54, 1.807) is 39.0 Å². The molecule has 1 aromatic heterocycles. The first-order valence-corrected chi connectivity index (χ1v) is 17.3. The SMILES string of the molecule is CCCCN(C(=O)Nc1cc(C(N)=O)c(F)cc1F)C1CCN(Cc2ccc(Oc3ccc(C(=O)N4CCN(C(C)=O)CC4)cc3)nc2C)CC1. The Kier molecular flexibility index (Phi) is 12.2. The fraction of sp³-hybridized carbons (Fsp3) is 0.432. The third-order valence-electron chi connectivity index (χ3n) is 9.47. The second-order valence-electron chi connectivity index (χ2n) is 13.0. The number of nitrogens with zero attached hydrogens (tertiary/aromatic N) is 5. The number of primary amides is 1. The predicted molar refractivity (Wildman–Crippen MR) is 187 cm³/mol. The van der Waals surface area contributed by atoms with Gasteiger partial charge in [0.1, 0.15) is 17.4 Å². The standard InChI is InChI=1S/C37H45F2N7O5/c1-4-5-14-46(37(50)42-33-21-30(35(40)48)31(38)22-32(33)39)28-12-15-43(16-13-28)23-27-8-11-34(41-24(27)2)51-29-9-6-26(7-10-29)36(49)45-19-17-44(18-20-45)25(3)47/h6-11,21-22,28H,4-5,12-20,23H2,1-3H3,(H2,40,48)(H,42,50). The van der Waals surface area contributed by atoms with Gasteiger partial charge in [-0.1, -0.05) is 19.4 Å². The Bertz CT molecular complexity index is 1740. The lowest BCUT2D eigenvalue weighted by atomic mass is 10.0. The van der Waals surface area contributed by atoms with Crippen molar-refractivity contribution in [2.45, 2.75) is 59.0 Å². The smallest absolute Gasteiger partial charge is 0.322 e. The van der Waals surface area contributed by atoms with Crippen molar-refractivity contribution < 1.29 is 32.7 Å². The van der Waals surface area contributed by atoms with E-state index in [2.05, 4.69) is 15.2 Å². The molecule has 0 atom stereocenters. The molecule has 3 N–H and O–H groups in total.